The molecule has 0 N–H and O–H groups in total. The molecule has 0 spiro atoms. The maximum absolute atomic E-state index is 14.5. The van der Waals surface area contributed by atoms with E-state index in [2.05, 4.69) is 37.5 Å². The summed E-state index contributed by atoms with van der Waals surface area (Å²) in [7, 11) is 0. The summed E-state index contributed by atoms with van der Waals surface area (Å²) in [4.78, 5) is 4.43. The quantitative estimate of drug-likeness (QED) is 0.784. The van der Waals surface area contributed by atoms with Crippen molar-refractivity contribution in [3.8, 4) is 0 Å². The van der Waals surface area contributed by atoms with Crippen LogP contribution in [-0.4, -0.2) is 54.0 Å². The number of alkyl halides is 2. The summed E-state index contributed by atoms with van der Waals surface area (Å²) in [5.41, 5.74) is 0. The van der Waals surface area contributed by atoms with Gasteiger partial charge in [-0.1, -0.05) is 13.8 Å². The minimum atomic E-state index is -2.51. The molecule has 20 heavy (non-hydrogen) atoms. The molecule has 0 aromatic carbocycles. The van der Waals surface area contributed by atoms with Crippen LogP contribution in [0.5, 0.6) is 0 Å². The average molecular weight is 288 g/mol. The molecular formula is C16H30F2N2. The molecule has 0 aromatic rings. The minimum absolute atomic E-state index is 0.0831. The van der Waals surface area contributed by atoms with Gasteiger partial charge in [-0.3, -0.25) is 9.80 Å². The molecule has 118 valence electrons. The van der Waals surface area contributed by atoms with Crippen LogP contribution < -0.4 is 0 Å². The fourth-order valence-corrected chi connectivity index (χ4v) is 3.75. The first-order valence-corrected chi connectivity index (χ1v) is 8.17. The molecule has 0 amide bonds. The highest BCUT2D eigenvalue weighted by Crippen LogP contribution is 2.42. The van der Waals surface area contributed by atoms with Gasteiger partial charge in [-0.15, -0.1) is 0 Å². The Kier molecular flexibility index (Phi) is 5.06. The molecule has 2 rings (SSSR count). The van der Waals surface area contributed by atoms with E-state index in [4.69, 9.17) is 0 Å². The summed E-state index contributed by atoms with van der Waals surface area (Å²) < 4.78 is 28.9. The van der Waals surface area contributed by atoms with Crippen molar-refractivity contribution in [3.05, 3.63) is 0 Å². The lowest BCUT2D eigenvalue weighted by Crippen LogP contribution is -2.58. The second-order valence-corrected chi connectivity index (χ2v) is 7.23. The van der Waals surface area contributed by atoms with E-state index in [-0.39, 0.29) is 12.3 Å². The highest BCUT2D eigenvalue weighted by Gasteiger charge is 2.48. The van der Waals surface area contributed by atoms with Gasteiger partial charge in [-0.05, 0) is 38.5 Å². The van der Waals surface area contributed by atoms with Crippen molar-refractivity contribution in [1.82, 2.24) is 9.80 Å². The van der Waals surface area contributed by atoms with Crippen molar-refractivity contribution in [3.63, 3.8) is 0 Å². The van der Waals surface area contributed by atoms with Crippen molar-refractivity contribution < 1.29 is 8.78 Å². The topological polar surface area (TPSA) is 6.48 Å². The summed E-state index contributed by atoms with van der Waals surface area (Å²) in [6.07, 6.45) is 1.71. The zero-order valence-electron chi connectivity index (χ0n) is 13.4. The summed E-state index contributed by atoms with van der Waals surface area (Å²) in [6.45, 7) is 12.0. The predicted octanol–water partition coefficient (Wildman–Crippen LogP) is 3.47. The maximum atomic E-state index is 14.5. The zero-order valence-corrected chi connectivity index (χ0v) is 13.4. The summed E-state index contributed by atoms with van der Waals surface area (Å²) in [5.74, 6) is -1.94. The standard InChI is InChI=1S/C16H30F2N2/c1-12(2)14-5-6-15(16(17,18)11-14)20-9-7-19(8-10-20)13(3)4/h12-15H,5-11H2,1-4H3. The Morgan fingerprint density at radius 1 is 0.950 bits per heavy atom. The molecule has 0 aromatic heterocycles. The van der Waals surface area contributed by atoms with Crippen LogP contribution >= 0.6 is 0 Å². The first-order valence-electron chi connectivity index (χ1n) is 8.17. The Morgan fingerprint density at radius 2 is 1.55 bits per heavy atom. The van der Waals surface area contributed by atoms with E-state index in [0.717, 1.165) is 32.6 Å². The molecule has 1 heterocycles. The SMILES string of the molecule is CC(C)C1CCC(N2CCN(C(C)C)CC2)C(F)(F)C1. The molecular weight excluding hydrogens is 258 g/mol. The Labute approximate surface area is 122 Å². The predicted molar refractivity (Wildman–Crippen MR) is 79.2 cm³/mol. The van der Waals surface area contributed by atoms with E-state index in [1.165, 1.54) is 0 Å². The molecule has 1 saturated heterocycles. The smallest absolute Gasteiger partial charge is 0.263 e. The zero-order chi connectivity index (χ0) is 14.9. The third kappa shape index (κ3) is 3.51. The lowest BCUT2D eigenvalue weighted by molar-refractivity contribution is -0.132. The van der Waals surface area contributed by atoms with Gasteiger partial charge in [0.1, 0.15) is 0 Å². The summed E-state index contributed by atoms with van der Waals surface area (Å²) >= 11 is 0. The normalized spacial score (nSPS) is 33.0. The number of rotatable bonds is 3. The highest BCUT2D eigenvalue weighted by molar-refractivity contribution is 4.94. The third-order valence-corrected chi connectivity index (χ3v) is 5.30. The fourth-order valence-electron chi connectivity index (χ4n) is 3.75. The fraction of sp³-hybridized carbons (Fsp3) is 1.00. The molecule has 2 atom stereocenters. The van der Waals surface area contributed by atoms with Crippen LogP contribution in [0.15, 0.2) is 0 Å². The van der Waals surface area contributed by atoms with Crippen molar-refractivity contribution in [2.45, 2.75) is 65.0 Å². The number of piperazine rings is 1. The van der Waals surface area contributed by atoms with E-state index in [0.29, 0.717) is 18.4 Å². The van der Waals surface area contributed by atoms with Gasteiger partial charge in [-0.25, -0.2) is 8.78 Å². The number of halogens is 2. The summed E-state index contributed by atoms with van der Waals surface area (Å²) in [5, 5.41) is 0. The molecule has 2 nitrogen and oxygen atoms in total. The van der Waals surface area contributed by atoms with Crippen molar-refractivity contribution >= 4 is 0 Å². The van der Waals surface area contributed by atoms with Gasteiger partial charge in [0.2, 0.25) is 0 Å². The number of hydrogen-bond acceptors (Lipinski definition) is 2. The van der Waals surface area contributed by atoms with E-state index in [1.807, 2.05) is 0 Å². The molecule has 1 aliphatic carbocycles. The molecule has 0 bridgehead atoms. The Morgan fingerprint density at radius 3 is 2.00 bits per heavy atom. The van der Waals surface area contributed by atoms with Crippen LogP contribution in [0.4, 0.5) is 8.78 Å². The van der Waals surface area contributed by atoms with Gasteiger partial charge in [0, 0.05) is 38.6 Å². The van der Waals surface area contributed by atoms with Crippen molar-refractivity contribution in [2.75, 3.05) is 26.2 Å². The number of nitrogens with zero attached hydrogens (tertiary/aromatic N) is 2. The van der Waals surface area contributed by atoms with Gasteiger partial charge >= 0.3 is 0 Å². The average Bonchev–Trinajstić information content (AvgIpc) is 2.37. The van der Waals surface area contributed by atoms with Crippen molar-refractivity contribution in [1.29, 1.82) is 0 Å². The summed E-state index contributed by atoms with van der Waals surface area (Å²) in [6, 6.07) is 0.00106. The van der Waals surface area contributed by atoms with Crippen LogP contribution in [0.1, 0.15) is 47.0 Å². The van der Waals surface area contributed by atoms with E-state index in [9.17, 15) is 8.78 Å². The van der Waals surface area contributed by atoms with Crippen LogP contribution in [0.25, 0.3) is 0 Å². The minimum Gasteiger partial charge on any atom is -0.298 e. The van der Waals surface area contributed by atoms with Crippen LogP contribution in [0.3, 0.4) is 0 Å². The van der Waals surface area contributed by atoms with E-state index < -0.39 is 12.0 Å². The molecule has 1 saturated carbocycles. The lowest BCUT2D eigenvalue weighted by Gasteiger charge is -2.46. The van der Waals surface area contributed by atoms with Crippen molar-refractivity contribution in [2.24, 2.45) is 11.8 Å². The first-order chi connectivity index (χ1) is 9.31. The second-order valence-electron chi connectivity index (χ2n) is 7.23. The molecule has 1 aliphatic heterocycles. The van der Waals surface area contributed by atoms with Gasteiger partial charge in [0.15, 0.2) is 0 Å². The second kappa shape index (κ2) is 6.27. The monoisotopic (exact) mass is 288 g/mol. The van der Waals surface area contributed by atoms with Gasteiger partial charge in [-0.2, -0.15) is 0 Å². The molecule has 2 aliphatic rings. The molecule has 2 fully saturated rings. The Balaban J connectivity index is 1.93. The molecule has 0 radical (unpaired) electrons. The molecule has 2 unspecified atom stereocenters. The Hall–Kier alpha value is -0.220. The van der Waals surface area contributed by atoms with Crippen LogP contribution in [-0.2, 0) is 0 Å². The van der Waals surface area contributed by atoms with Gasteiger partial charge < -0.3 is 0 Å². The van der Waals surface area contributed by atoms with Crippen LogP contribution in [0, 0.1) is 11.8 Å². The van der Waals surface area contributed by atoms with Crippen LogP contribution in [0.2, 0.25) is 0 Å². The van der Waals surface area contributed by atoms with Gasteiger partial charge in [0.05, 0.1) is 6.04 Å². The molecule has 4 heteroatoms. The third-order valence-electron chi connectivity index (χ3n) is 5.30. The van der Waals surface area contributed by atoms with E-state index in [1.54, 1.807) is 0 Å². The maximum Gasteiger partial charge on any atom is 0.263 e. The van der Waals surface area contributed by atoms with E-state index >= 15 is 0 Å². The number of hydrogen-bond donors (Lipinski definition) is 0. The largest absolute Gasteiger partial charge is 0.298 e. The highest BCUT2D eigenvalue weighted by atomic mass is 19.3. The first kappa shape index (κ1) is 16.2. The Bertz CT molecular complexity index is 310. The van der Waals surface area contributed by atoms with Gasteiger partial charge in [0.25, 0.3) is 5.92 Å². The lowest BCUT2D eigenvalue weighted by atomic mass is 9.77.